The van der Waals surface area contributed by atoms with Crippen molar-refractivity contribution in [3.05, 3.63) is 29.8 Å². The van der Waals surface area contributed by atoms with E-state index in [-0.39, 0.29) is 24.5 Å². The predicted octanol–water partition coefficient (Wildman–Crippen LogP) is 1.40. The lowest BCUT2D eigenvalue weighted by Gasteiger charge is -2.23. The second kappa shape index (κ2) is 6.58. The fourth-order valence-corrected chi connectivity index (χ4v) is 2.59. The average Bonchev–Trinajstić information content (AvgIpc) is 2.89. The molecule has 6 heteroatoms. The van der Waals surface area contributed by atoms with Crippen LogP contribution in [0.4, 0.5) is 0 Å². The molecule has 1 N–H and O–H groups in total. The topological polar surface area (TPSA) is 76.1 Å². The number of hydrogen-bond acceptors (Lipinski definition) is 4. The minimum Gasteiger partial charge on any atom is -0.497 e. The molecule has 1 fully saturated rings. The fourth-order valence-electron chi connectivity index (χ4n) is 2.59. The second-order valence-electron chi connectivity index (χ2n) is 5.03. The number of carboxylic acids is 1. The summed E-state index contributed by atoms with van der Waals surface area (Å²) >= 11 is 0. The first-order valence-electron chi connectivity index (χ1n) is 6.74. The van der Waals surface area contributed by atoms with Crippen LogP contribution in [0.25, 0.3) is 0 Å². The predicted molar refractivity (Wildman–Crippen MR) is 75.5 cm³/mol. The maximum Gasteiger partial charge on any atom is 0.305 e. The smallest absolute Gasteiger partial charge is 0.305 e. The van der Waals surface area contributed by atoms with Gasteiger partial charge in [-0.1, -0.05) is 0 Å². The highest BCUT2D eigenvalue weighted by atomic mass is 16.5. The van der Waals surface area contributed by atoms with Gasteiger partial charge in [-0.2, -0.15) is 0 Å². The molecular formula is C15H19NO5. The van der Waals surface area contributed by atoms with Crippen LogP contribution in [0.2, 0.25) is 0 Å². The van der Waals surface area contributed by atoms with Crippen molar-refractivity contribution in [3.8, 4) is 5.75 Å². The first-order chi connectivity index (χ1) is 10.0. The molecule has 6 nitrogen and oxygen atoms in total. The first-order valence-corrected chi connectivity index (χ1v) is 6.74. The first kappa shape index (κ1) is 15.3. The Bertz CT molecular complexity index is 513. The van der Waals surface area contributed by atoms with E-state index in [4.69, 9.17) is 14.6 Å². The van der Waals surface area contributed by atoms with Crippen LogP contribution in [-0.4, -0.2) is 54.8 Å². The molecule has 1 saturated heterocycles. The van der Waals surface area contributed by atoms with Crippen LogP contribution >= 0.6 is 0 Å². The Labute approximate surface area is 123 Å². The number of carbonyl (C=O) groups is 2. The van der Waals surface area contributed by atoms with E-state index in [1.54, 1.807) is 43.4 Å². The second-order valence-corrected chi connectivity index (χ2v) is 5.03. The van der Waals surface area contributed by atoms with E-state index < -0.39 is 5.97 Å². The monoisotopic (exact) mass is 293 g/mol. The van der Waals surface area contributed by atoms with Crippen molar-refractivity contribution in [1.82, 2.24) is 4.90 Å². The van der Waals surface area contributed by atoms with E-state index in [0.29, 0.717) is 24.3 Å². The molecule has 0 radical (unpaired) electrons. The van der Waals surface area contributed by atoms with Crippen molar-refractivity contribution >= 4 is 11.9 Å². The summed E-state index contributed by atoms with van der Waals surface area (Å²) in [6.45, 7) is 0.416. The van der Waals surface area contributed by atoms with E-state index in [1.165, 1.54) is 0 Å². The van der Waals surface area contributed by atoms with Crippen molar-refractivity contribution in [2.24, 2.45) is 0 Å². The molecular weight excluding hydrogens is 274 g/mol. The number of ether oxygens (including phenoxy) is 2. The molecule has 1 heterocycles. The van der Waals surface area contributed by atoms with Gasteiger partial charge in [0.15, 0.2) is 0 Å². The third-order valence-electron chi connectivity index (χ3n) is 3.72. The molecule has 21 heavy (non-hydrogen) atoms. The van der Waals surface area contributed by atoms with Crippen molar-refractivity contribution in [2.45, 2.75) is 25.0 Å². The van der Waals surface area contributed by atoms with E-state index in [0.717, 1.165) is 0 Å². The number of methoxy groups -OCH3 is 2. The van der Waals surface area contributed by atoms with Crippen LogP contribution in [0.15, 0.2) is 24.3 Å². The highest BCUT2D eigenvalue weighted by Crippen LogP contribution is 2.25. The minimum absolute atomic E-state index is 0.0677. The Morgan fingerprint density at radius 2 is 1.95 bits per heavy atom. The van der Waals surface area contributed by atoms with Crippen LogP contribution in [0.5, 0.6) is 5.75 Å². The highest BCUT2D eigenvalue weighted by Gasteiger charge is 2.36. The molecule has 1 aromatic rings. The zero-order valence-corrected chi connectivity index (χ0v) is 12.1. The summed E-state index contributed by atoms with van der Waals surface area (Å²) in [6.07, 6.45) is 0.364. The number of aliphatic carboxylic acids is 1. The summed E-state index contributed by atoms with van der Waals surface area (Å²) in [4.78, 5) is 25.1. The number of amides is 1. The third kappa shape index (κ3) is 3.52. The van der Waals surface area contributed by atoms with E-state index in [9.17, 15) is 9.59 Å². The summed E-state index contributed by atoms with van der Waals surface area (Å²) in [7, 11) is 3.13. The van der Waals surface area contributed by atoms with Crippen LogP contribution < -0.4 is 4.74 Å². The quantitative estimate of drug-likeness (QED) is 0.888. The van der Waals surface area contributed by atoms with Crippen molar-refractivity contribution in [1.29, 1.82) is 0 Å². The van der Waals surface area contributed by atoms with E-state index in [2.05, 4.69) is 0 Å². The van der Waals surface area contributed by atoms with Gasteiger partial charge in [0, 0.05) is 25.3 Å². The lowest BCUT2D eigenvalue weighted by molar-refractivity contribution is -0.137. The number of likely N-dealkylation sites (tertiary alicyclic amines) is 1. The van der Waals surface area contributed by atoms with Gasteiger partial charge in [-0.25, -0.2) is 0 Å². The summed E-state index contributed by atoms with van der Waals surface area (Å²) in [6, 6.07) is 6.45. The summed E-state index contributed by atoms with van der Waals surface area (Å²) in [5, 5.41) is 8.98. The van der Waals surface area contributed by atoms with Crippen LogP contribution in [0.3, 0.4) is 0 Å². The number of carbonyl (C=O) groups excluding carboxylic acids is 1. The molecule has 2 atom stereocenters. The van der Waals surface area contributed by atoms with Gasteiger partial charge in [0.2, 0.25) is 0 Å². The maximum absolute atomic E-state index is 12.5. The fraction of sp³-hybridized carbons (Fsp3) is 0.467. The highest BCUT2D eigenvalue weighted by molar-refractivity contribution is 5.95. The third-order valence-corrected chi connectivity index (χ3v) is 3.72. The van der Waals surface area contributed by atoms with Gasteiger partial charge in [-0.05, 0) is 30.7 Å². The number of rotatable bonds is 5. The average molecular weight is 293 g/mol. The van der Waals surface area contributed by atoms with Crippen LogP contribution in [0, 0.1) is 0 Å². The van der Waals surface area contributed by atoms with Crippen molar-refractivity contribution in [3.63, 3.8) is 0 Å². The Morgan fingerprint density at radius 3 is 2.48 bits per heavy atom. The molecule has 0 aliphatic carbocycles. The standard InChI is InChI=1S/C15H19NO5/c1-20-12-5-3-10(4-6-12)15(19)16-9-13(21-2)7-11(16)8-14(17)18/h3-6,11,13H,7-9H2,1-2H3,(H,17,18). The van der Waals surface area contributed by atoms with Gasteiger partial charge in [-0.3, -0.25) is 9.59 Å². The minimum atomic E-state index is -0.913. The van der Waals surface area contributed by atoms with E-state index in [1.807, 2.05) is 0 Å². The number of benzene rings is 1. The Hall–Kier alpha value is -2.08. The van der Waals surface area contributed by atoms with Gasteiger partial charge >= 0.3 is 5.97 Å². The summed E-state index contributed by atoms with van der Waals surface area (Å²) < 4.78 is 10.3. The molecule has 1 aromatic carbocycles. The van der Waals surface area contributed by atoms with Crippen LogP contribution in [0.1, 0.15) is 23.2 Å². The largest absolute Gasteiger partial charge is 0.497 e. The van der Waals surface area contributed by atoms with Gasteiger partial charge in [-0.15, -0.1) is 0 Å². The number of hydrogen-bond donors (Lipinski definition) is 1. The van der Waals surface area contributed by atoms with Crippen LogP contribution in [-0.2, 0) is 9.53 Å². The molecule has 1 aliphatic rings. The van der Waals surface area contributed by atoms with E-state index >= 15 is 0 Å². The molecule has 0 saturated carbocycles. The Balaban J connectivity index is 2.15. The molecule has 1 aliphatic heterocycles. The Kier molecular flexibility index (Phi) is 4.80. The van der Waals surface area contributed by atoms with Gasteiger partial charge < -0.3 is 19.5 Å². The maximum atomic E-state index is 12.5. The molecule has 0 spiro atoms. The molecule has 2 unspecified atom stereocenters. The number of nitrogens with zero attached hydrogens (tertiary/aromatic N) is 1. The lowest BCUT2D eigenvalue weighted by atomic mass is 10.1. The van der Waals surface area contributed by atoms with Crippen molar-refractivity contribution < 1.29 is 24.2 Å². The SMILES string of the molecule is COc1ccc(C(=O)N2CC(OC)CC2CC(=O)O)cc1. The molecule has 0 aromatic heterocycles. The Morgan fingerprint density at radius 1 is 1.29 bits per heavy atom. The zero-order valence-electron chi connectivity index (χ0n) is 12.1. The molecule has 114 valence electrons. The van der Waals surface area contributed by atoms with Gasteiger partial charge in [0.05, 0.1) is 19.6 Å². The molecule has 0 bridgehead atoms. The molecule has 1 amide bonds. The lowest BCUT2D eigenvalue weighted by Crippen LogP contribution is -2.37. The zero-order chi connectivity index (χ0) is 15.4. The van der Waals surface area contributed by atoms with Gasteiger partial charge in [0.1, 0.15) is 5.75 Å². The summed E-state index contributed by atoms with van der Waals surface area (Å²) in [5.74, 6) is -0.419. The molecule has 2 rings (SSSR count). The normalized spacial score (nSPS) is 21.3. The number of carboxylic acid groups (broad SMARTS) is 1. The van der Waals surface area contributed by atoms with Gasteiger partial charge in [0.25, 0.3) is 5.91 Å². The summed E-state index contributed by atoms with van der Waals surface area (Å²) in [5.41, 5.74) is 0.517. The van der Waals surface area contributed by atoms with Crippen molar-refractivity contribution in [2.75, 3.05) is 20.8 Å².